The largest absolute Gasteiger partial charge is 0.465 e. The number of ether oxygens (including phenoxy) is 1. The highest BCUT2D eigenvalue weighted by Gasteiger charge is 2.35. The van der Waals surface area contributed by atoms with Gasteiger partial charge in [-0.3, -0.25) is 0 Å². The van der Waals surface area contributed by atoms with Crippen molar-refractivity contribution in [3.8, 4) is 0 Å². The number of nitrogens with one attached hydrogen (secondary N) is 1. The van der Waals surface area contributed by atoms with E-state index in [1.165, 1.54) is 4.90 Å². The average molecular weight is 202 g/mol. The fourth-order valence-corrected chi connectivity index (χ4v) is 1.88. The molecule has 0 unspecified atom stereocenters. The number of methoxy groups -OCH3 is 1. The fourth-order valence-electron chi connectivity index (χ4n) is 1.88. The number of rotatable bonds is 3. The Bertz CT molecular complexity index is 200. The van der Waals surface area contributed by atoms with Crippen molar-refractivity contribution < 1.29 is 14.6 Å². The Kier molecular flexibility index (Phi) is 3.71. The highest BCUT2D eigenvalue weighted by molar-refractivity contribution is 5.65. The lowest BCUT2D eigenvalue weighted by molar-refractivity contribution is -0.0502. The Balaban J connectivity index is 2.50. The Morgan fingerprint density at radius 1 is 1.57 bits per heavy atom. The number of nitrogens with zero attached hydrogens (tertiary/aromatic N) is 1. The van der Waals surface area contributed by atoms with E-state index in [0.29, 0.717) is 13.1 Å². The summed E-state index contributed by atoms with van der Waals surface area (Å²) in [4.78, 5) is 12.1. The van der Waals surface area contributed by atoms with Crippen LogP contribution in [0.2, 0.25) is 0 Å². The summed E-state index contributed by atoms with van der Waals surface area (Å²) in [6, 6.07) is 0. The summed E-state index contributed by atoms with van der Waals surface area (Å²) < 4.78 is 5.47. The smallest absolute Gasteiger partial charge is 0.407 e. The van der Waals surface area contributed by atoms with Gasteiger partial charge in [-0.2, -0.15) is 0 Å². The van der Waals surface area contributed by atoms with E-state index in [4.69, 9.17) is 9.84 Å². The van der Waals surface area contributed by atoms with Crippen LogP contribution in [0.4, 0.5) is 4.79 Å². The first-order valence-corrected chi connectivity index (χ1v) is 4.81. The molecule has 0 saturated carbocycles. The standard InChI is InChI=1S/C9H18N2O3/c1-10-7-9(14-2)3-5-11(6-4-9)8(12)13/h10H,3-7H2,1-2H3,(H,12,13). The van der Waals surface area contributed by atoms with Crippen LogP contribution in [-0.2, 0) is 4.74 Å². The summed E-state index contributed by atoms with van der Waals surface area (Å²) in [7, 11) is 3.57. The highest BCUT2D eigenvalue weighted by atomic mass is 16.5. The lowest BCUT2D eigenvalue weighted by atomic mass is 9.91. The SMILES string of the molecule is CNCC1(OC)CCN(C(=O)O)CC1. The number of piperidine rings is 1. The Morgan fingerprint density at radius 3 is 2.50 bits per heavy atom. The maximum atomic E-state index is 10.7. The van der Waals surface area contributed by atoms with E-state index in [1.807, 2.05) is 7.05 Å². The lowest BCUT2D eigenvalue weighted by Crippen LogP contribution is -2.51. The number of likely N-dealkylation sites (tertiary alicyclic amines) is 1. The quantitative estimate of drug-likeness (QED) is 0.694. The van der Waals surface area contributed by atoms with Crippen LogP contribution in [0.1, 0.15) is 12.8 Å². The van der Waals surface area contributed by atoms with Crippen molar-refractivity contribution in [2.45, 2.75) is 18.4 Å². The van der Waals surface area contributed by atoms with E-state index in [9.17, 15) is 4.79 Å². The molecule has 0 aromatic heterocycles. The molecule has 1 aliphatic rings. The van der Waals surface area contributed by atoms with Gasteiger partial charge in [-0.25, -0.2) is 4.79 Å². The molecule has 1 fully saturated rings. The van der Waals surface area contributed by atoms with Gasteiger partial charge < -0.3 is 20.1 Å². The van der Waals surface area contributed by atoms with Gasteiger partial charge in [0, 0.05) is 26.7 Å². The van der Waals surface area contributed by atoms with Crippen LogP contribution in [-0.4, -0.2) is 55.5 Å². The highest BCUT2D eigenvalue weighted by Crippen LogP contribution is 2.24. The summed E-state index contributed by atoms with van der Waals surface area (Å²) in [6.07, 6.45) is 0.687. The summed E-state index contributed by atoms with van der Waals surface area (Å²) in [6.45, 7) is 1.90. The Labute approximate surface area is 84.0 Å². The molecule has 1 saturated heterocycles. The van der Waals surface area contributed by atoms with Crippen molar-refractivity contribution in [1.82, 2.24) is 10.2 Å². The maximum absolute atomic E-state index is 10.7. The molecule has 1 amide bonds. The normalized spacial score (nSPS) is 20.9. The number of likely N-dealkylation sites (N-methyl/N-ethyl adjacent to an activating group) is 1. The minimum atomic E-state index is -0.834. The second-order valence-electron chi connectivity index (χ2n) is 3.69. The molecule has 0 spiro atoms. The Morgan fingerprint density at radius 2 is 2.14 bits per heavy atom. The van der Waals surface area contributed by atoms with Crippen molar-refractivity contribution in [3.05, 3.63) is 0 Å². The minimum absolute atomic E-state index is 0.180. The molecule has 0 aliphatic carbocycles. The molecule has 1 aliphatic heterocycles. The molecule has 5 nitrogen and oxygen atoms in total. The van der Waals surface area contributed by atoms with Crippen LogP contribution >= 0.6 is 0 Å². The van der Waals surface area contributed by atoms with Gasteiger partial charge in [0.25, 0.3) is 0 Å². The third-order valence-corrected chi connectivity index (χ3v) is 2.88. The molecule has 1 rings (SSSR count). The van der Waals surface area contributed by atoms with E-state index in [-0.39, 0.29) is 5.60 Å². The van der Waals surface area contributed by atoms with Crippen molar-refractivity contribution in [3.63, 3.8) is 0 Å². The molecular formula is C9H18N2O3. The molecule has 5 heteroatoms. The molecular weight excluding hydrogens is 184 g/mol. The van der Waals surface area contributed by atoms with Gasteiger partial charge in [0.05, 0.1) is 5.60 Å². The van der Waals surface area contributed by atoms with Gasteiger partial charge >= 0.3 is 6.09 Å². The summed E-state index contributed by atoms with van der Waals surface area (Å²) in [5.41, 5.74) is -0.180. The van der Waals surface area contributed by atoms with Gasteiger partial charge in [-0.1, -0.05) is 0 Å². The molecule has 0 aromatic carbocycles. The Hall–Kier alpha value is -0.810. The van der Waals surface area contributed by atoms with Gasteiger partial charge in [0.15, 0.2) is 0 Å². The first kappa shape index (κ1) is 11.3. The zero-order valence-electron chi connectivity index (χ0n) is 8.75. The van der Waals surface area contributed by atoms with E-state index in [0.717, 1.165) is 19.4 Å². The predicted molar refractivity (Wildman–Crippen MR) is 52.5 cm³/mol. The van der Waals surface area contributed by atoms with Crippen LogP contribution in [0.5, 0.6) is 0 Å². The second-order valence-corrected chi connectivity index (χ2v) is 3.69. The third kappa shape index (κ3) is 2.36. The molecule has 2 N–H and O–H groups in total. The molecule has 1 heterocycles. The molecule has 0 bridgehead atoms. The van der Waals surface area contributed by atoms with Crippen molar-refractivity contribution in [1.29, 1.82) is 0 Å². The molecule has 0 aromatic rings. The monoisotopic (exact) mass is 202 g/mol. The van der Waals surface area contributed by atoms with E-state index in [1.54, 1.807) is 7.11 Å². The van der Waals surface area contributed by atoms with Gasteiger partial charge in [-0.15, -0.1) is 0 Å². The van der Waals surface area contributed by atoms with Crippen molar-refractivity contribution in [2.24, 2.45) is 0 Å². The summed E-state index contributed by atoms with van der Waals surface area (Å²) in [5.74, 6) is 0. The van der Waals surface area contributed by atoms with E-state index < -0.39 is 6.09 Å². The molecule has 0 atom stereocenters. The minimum Gasteiger partial charge on any atom is -0.465 e. The number of hydrogen-bond donors (Lipinski definition) is 2. The van der Waals surface area contributed by atoms with Crippen LogP contribution < -0.4 is 5.32 Å². The number of carbonyl (C=O) groups is 1. The van der Waals surface area contributed by atoms with Crippen molar-refractivity contribution in [2.75, 3.05) is 33.8 Å². The zero-order chi connectivity index (χ0) is 10.6. The first-order chi connectivity index (χ1) is 6.63. The number of hydrogen-bond acceptors (Lipinski definition) is 3. The van der Waals surface area contributed by atoms with Gasteiger partial charge in [-0.05, 0) is 19.9 Å². The number of amides is 1. The maximum Gasteiger partial charge on any atom is 0.407 e. The van der Waals surface area contributed by atoms with E-state index >= 15 is 0 Å². The number of carboxylic acid groups (broad SMARTS) is 1. The second kappa shape index (κ2) is 4.61. The van der Waals surface area contributed by atoms with Gasteiger partial charge in [0.2, 0.25) is 0 Å². The van der Waals surface area contributed by atoms with Crippen molar-refractivity contribution >= 4 is 6.09 Å². The summed E-state index contributed by atoms with van der Waals surface area (Å²) in [5, 5.41) is 11.9. The first-order valence-electron chi connectivity index (χ1n) is 4.81. The third-order valence-electron chi connectivity index (χ3n) is 2.88. The average Bonchev–Trinajstić information content (AvgIpc) is 2.19. The van der Waals surface area contributed by atoms with Crippen LogP contribution in [0.3, 0.4) is 0 Å². The molecule has 14 heavy (non-hydrogen) atoms. The van der Waals surface area contributed by atoms with E-state index in [2.05, 4.69) is 5.32 Å². The van der Waals surface area contributed by atoms with Crippen LogP contribution in [0.15, 0.2) is 0 Å². The molecule has 0 radical (unpaired) electrons. The topological polar surface area (TPSA) is 61.8 Å². The van der Waals surface area contributed by atoms with Crippen LogP contribution in [0.25, 0.3) is 0 Å². The summed E-state index contributed by atoms with van der Waals surface area (Å²) >= 11 is 0. The van der Waals surface area contributed by atoms with Gasteiger partial charge in [0.1, 0.15) is 0 Å². The van der Waals surface area contributed by atoms with Crippen LogP contribution in [0, 0.1) is 0 Å². The molecule has 82 valence electrons. The zero-order valence-corrected chi connectivity index (χ0v) is 8.75. The predicted octanol–water partition coefficient (Wildman–Crippen LogP) is 0.365. The fraction of sp³-hybridized carbons (Fsp3) is 0.889. The lowest BCUT2D eigenvalue weighted by Gasteiger charge is -2.39.